The zero-order valence-electron chi connectivity index (χ0n) is 9.42. The maximum atomic E-state index is 10.8. The second kappa shape index (κ2) is 8.50. The van der Waals surface area contributed by atoms with Gasteiger partial charge in [0.1, 0.15) is 0 Å². The Morgan fingerprint density at radius 3 is 2.14 bits per heavy atom. The third kappa shape index (κ3) is 7.54. The molecule has 0 aliphatic rings. The van der Waals surface area contributed by atoms with Gasteiger partial charge in [0.2, 0.25) is 0 Å². The predicted molar refractivity (Wildman–Crippen MR) is 52.8 cm³/mol. The fourth-order valence-corrected chi connectivity index (χ4v) is 0.475. The normalized spacial score (nSPS) is 9.50. The molecule has 5 heteroatoms. The molecule has 0 radical (unpaired) electrons. The number of rotatable bonds is 4. The van der Waals surface area contributed by atoms with Crippen LogP contribution in [-0.2, 0) is 19.1 Å². The predicted octanol–water partition coefficient (Wildman–Crippen LogP) is 0.337. The van der Waals surface area contributed by atoms with E-state index in [0.29, 0.717) is 0 Å². The monoisotopic (exact) mass is 205 g/mol. The van der Waals surface area contributed by atoms with Crippen molar-refractivity contribution in [3.63, 3.8) is 0 Å². The van der Waals surface area contributed by atoms with Gasteiger partial charge >= 0.3 is 0 Å². The maximum absolute atomic E-state index is 10.8. The van der Waals surface area contributed by atoms with Crippen LogP contribution in [0.15, 0.2) is 0 Å². The molecule has 1 amide bonds. The largest absolute Gasteiger partial charge is 0.452 e. The summed E-state index contributed by atoms with van der Waals surface area (Å²) in [6.07, 6.45) is 0. The Balaban J connectivity index is 0. The third-order valence-corrected chi connectivity index (χ3v) is 1.41. The smallest absolute Gasteiger partial charge is 0.294 e. The Morgan fingerprint density at radius 2 is 1.93 bits per heavy atom. The fraction of sp³-hybridized carbons (Fsp3) is 0.778. The lowest BCUT2D eigenvalue weighted by atomic mass is 10.1. The van der Waals surface area contributed by atoms with Crippen LogP contribution in [0.5, 0.6) is 0 Å². The molecular formula is C9H19NO4. The molecule has 0 atom stereocenters. The Kier molecular flexibility index (Phi) is 9.33. The van der Waals surface area contributed by atoms with Crippen LogP contribution >= 0.6 is 0 Å². The van der Waals surface area contributed by atoms with Crippen LogP contribution in [0, 0.1) is 0 Å². The first-order valence-electron chi connectivity index (χ1n) is 4.28. The maximum Gasteiger partial charge on any atom is 0.294 e. The topological polar surface area (TPSA) is 64.6 Å². The van der Waals surface area contributed by atoms with Gasteiger partial charge < -0.3 is 14.8 Å². The molecule has 0 aliphatic carbocycles. The fourth-order valence-electron chi connectivity index (χ4n) is 0.475. The average Bonchev–Trinajstić information content (AvgIpc) is 2.17. The van der Waals surface area contributed by atoms with Gasteiger partial charge in [-0.1, -0.05) is 0 Å². The molecule has 0 bridgehead atoms. The van der Waals surface area contributed by atoms with Crippen LogP contribution in [0.25, 0.3) is 0 Å². The summed E-state index contributed by atoms with van der Waals surface area (Å²) in [5.41, 5.74) is -1.06. The molecular weight excluding hydrogens is 186 g/mol. The molecule has 0 aromatic rings. The van der Waals surface area contributed by atoms with E-state index in [1.54, 1.807) is 7.11 Å². The summed E-state index contributed by atoms with van der Waals surface area (Å²) >= 11 is 0. The SMILES string of the molecule is CCOC.CNC(=O)C(C)(C)OC=O. The molecule has 1 N–H and O–H groups in total. The lowest BCUT2D eigenvalue weighted by molar-refractivity contribution is -0.153. The van der Waals surface area contributed by atoms with Crippen molar-refractivity contribution >= 4 is 12.4 Å². The summed E-state index contributed by atoms with van der Waals surface area (Å²) in [5.74, 6) is -0.320. The van der Waals surface area contributed by atoms with Crippen LogP contribution in [0.1, 0.15) is 20.8 Å². The van der Waals surface area contributed by atoms with Crippen LogP contribution in [0.3, 0.4) is 0 Å². The number of methoxy groups -OCH3 is 1. The molecule has 0 unspecified atom stereocenters. The Hall–Kier alpha value is -1.10. The number of carbonyl (C=O) groups is 2. The standard InChI is InChI=1S/C6H11NO3.C3H8O/c1-6(2,10-4-8)5(9)7-3;1-3-4-2/h4H,1-3H3,(H,7,9);3H2,1-2H3. The van der Waals surface area contributed by atoms with Gasteiger partial charge in [0, 0.05) is 20.8 Å². The minimum absolute atomic E-state index is 0.259. The summed E-state index contributed by atoms with van der Waals surface area (Å²) in [6, 6.07) is 0. The van der Waals surface area contributed by atoms with Gasteiger partial charge in [0.05, 0.1) is 0 Å². The molecule has 84 valence electrons. The highest BCUT2D eigenvalue weighted by Crippen LogP contribution is 2.05. The minimum Gasteiger partial charge on any atom is -0.452 e. The molecule has 0 fully saturated rings. The zero-order valence-corrected chi connectivity index (χ0v) is 9.42. The second-order valence-electron chi connectivity index (χ2n) is 2.88. The quantitative estimate of drug-likeness (QED) is 0.672. The van der Waals surface area contributed by atoms with E-state index in [0.717, 1.165) is 6.61 Å². The van der Waals surface area contributed by atoms with Crippen molar-refractivity contribution in [3.05, 3.63) is 0 Å². The highest BCUT2D eigenvalue weighted by molar-refractivity contribution is 5.84. The van der Waals surface area contributed by atoms with Gasteiger partial charge in [0.25, 0.3) is 12.4 Å². The van der Waals surface area contributed by atoms with Gasteiger partial charge in [-0.3, -0.25) is 9.59 Å². The van der Waals surface area contributed by atoms with Crippen molar-refractivity contribution in [2.45, 2.75) is 26.4 Å². The first kappa shape index (κ1) is 15.4. The highest BCUT2D eigenvalue weighted by Gasteiger charge is 2.27. The van der Waals surface area contributed by atoms with Crippen LogP contribution in [0.2, 0.25) is 0 Å². The first-order chi connectivity index (χ1) is 6.46. The number of nitrogens with one attached hydrogen (secondary N) is 1. The van der Waals surface area contributed by atoms with Crippen molar-refractivity contribution in [1.82, 2.24) is 5.32 Å². The van der Waals surface area contributed by atoms with Crippen molar-refractivity contribution in [2.75, 3.05) is 20.8 Å². The number of carbonyl (C=O) groups excluding carboxylic acids is 2. The van der Waals surface area contributed by atoms with Crippen molar-refractivity contribution < 1.29 is 19.1 Å². The van der Waals surface area contributed by atoms with E-state index in [-0.39, 0.29) is 12.4 Å². The number of likely N-dealkylation sites (N-methyl/N-ethyl adjacent to an activating group) is 1. The summed E-state index contributed by atoms with van der Waals surface area (Å²) < 4.78 is 9.03. The van der Waals surface area contributed by atoms with E-state index in [2.05, 4.69) is 14.8 Å². The van der Waals surface area contributed by atoms with Crippen LogP contribution in [-0.4, -0.2) is 38.7 Å². The Morgan fingerprint density at radius 1 is 1.50 bits per heavy atom. The van der Waals surface area contributed by atoms with Crippen molar-refractivity contribution in [3.8, 4) is 0 Å². The first-order valence-corrected chi connectivity index (χ1v) is 4.28. The van der Waals surface area contributed by atoms with Crippen LogP contribution in [0.4, 0.5) is 0 Å². The summed E-state index contributed by atoms with van der Waals surface area (Å²) in [6.45, 7) is 6.07. The van der Waals surface area contributed by atoms with E-state index in [1.807, 2.05) is 6.92 Å². The molecule has 0 saturated carbocycles. The van der Waals surface area contributed by atoms with E-state index in [1.165, 1.54) is 20.9 Å². The van der Waals surface area contributed by atoms with E-state index < -0.39 is 5.60 Å². The van der Waals surface area contributed by atoms with E-state index in [4.69, 9.17) is 0 Å². The van der Waals surface area contributed by atoms with Crippen molar-refractivity contribution in [2.24, 2.45) is 0 Å². The molecule has 0 aromatic heterocycles. The Labute approximate surface area is 84.8 Å². The lowest BCUT2D eigenvalue weighted by Crippen LogP contribution is -2.42. The summed E-state index contributed by atoms with van der Waals surface area (Å²) in [7, 11) is 3.16. The minimum atomic E-state index is -1.06. The highest BCUT2D eigenvalue weighted by atomic mass is 16.5. The molecule has 0 spiro atoms. The van der Waals surface area contributed by atoms with Gasteiger partial charge in [-0.2, -0.15) is 0 Å². The number of ether oxygens (including phenoxy) is 2. The number of hydrogen-bond acceptors (Lipinski definition) is 4. The third-order valence-electron chi connectivity index (χ3n) is 1.41. The second-order valence-corrected chi connectivity index (χ2v) is 2.88. The lowest BCUT2D eigenvalue weighted by Gasteiger charge is -2.19. The summed E-state index contributed by atoms with van der Waals surface area (Å²) in [5, 5.41) is 2.37. The van der Waals surface area contributed by atoms with Gasteiger partial charge in [-0.25, -0.2) is 0 Å². The van der Waals surface area contributed by atoms with E-state index >= 15 is 0 Å². The molecule has 0 heterocycles. The van der Waals surface area contributed by atoms with Gasteiger partial charge in [0.15, 0.2) is 5.60 Å². The molecule has 14 heavy (non-hydrogen) atoms. The zero-order chi connectivity index (χ0) is 11.6. The molecule has 0 rings (SSSR count). The molecule has 5 nitrogen and oxygen atoms in total. The number of hydrogen-bond donors (Lipinski definition) is 1. The number of amides is 1. The van der Waals surface area contributed by atoms with Gasteiger partial charge in [-0.05, 0) is 20.8 Å². The summed E-state index contributed by atoms with van der Waals surface area (Å²) in [4.78, 5) is 20.7. The molecule has 0 aliphatic heterocycles. The van der Waals surface area contributed by atoms with Crippen LogP contribution < -0.4 is 5.32 Å². The average molecular weight is 205 g/mol. The van der Waals surface area contributed by atoms with Crippen molar-refractivity contribution in [1.29, 1.82) is 0 Å². The molecule has 0 saturated heterocycles. The van der Waals surface area contributed by atoms with Gasteiger partial charge in [-0.15, -0.1) is 0 Å². The molecule has 0 aromatic carbocycles. The Bertz CT molecular complexity index is 166. The van der Waals surface area contributed by atoms with E-state index in [9.17, 15) is 9.59 Å².